The second-order valence-corrected chi connectivity index (χ2v) is 8.35. The number of hydrogen-bond donors (Lipinski definition) is 0. The lowest BCUT2D eigenvalue weighted by molar-refractivity contribution is -0.135. The highest BCUT2D eigenvalue weighted by Crippen LogP contribution is 2.41. The predicted molar refractivity (Wildman–Crippen MR) is 121 cm³/mol. The number of para-hydroxylation sites is 1. The van der Waals surface area contributed by atoms with Crippen molar-refractivity contribution in [3.63, 3.8) is 0 Å². The number of hydrogen-bond acceptors (Lipinski definition) is 3. The molecule has 1 saturated heterocycles. The monoisotopic (exact) mass is 411 g/mol. The molecule has 0 bridgehead atoms. The molecule has 2 atom stereocenters. The average molecular weight is 412 g/mol. The quantitative estimate of drug-likeness (QED) is 0.326. The molecule has 4 nitrogen and oxygen atoms in total. The zero-order chi connectivity index (χ0) is 22.1. The van der Waals surface area contributed by atoms with Crippen LogP contribution in [-0.2, 0) is 9.59 Å². The number of rotatable bonds is 5. The number of amides is 1. The molecule has 0 saturated carbocycles. The lowest BCUT2D eigenvalue weighted by Gasteiger charge is -2.27. The van der Waals surface area contributed by atoms with Crippen LogP contribution in [0.25, 0.3) is 0 Å². The third-order valence-electron chi connectivity index (χ3n) is 5.90. The summed E-state index contributed by atoms with van der Waals surface area (Å²) in [6.45, 7) is 6.16. The van der Waals surface area contributed by atoms with E-state index in [0.717, 1.165) is 16.7 Å². The first-order valence-corrected chi connectivity index (χ1v) is 10.5. The molecule has 0 spiro atoms. The molecule has 156 valence electrons. The molecule has 1 aliphatic heterocycles. The van der Waals surface area contributed by atoms with Crippen LogP contribution >= 0.6 is 0 Å². The van der Waals surface area contributed by atoms with Crippen LogP contribution in [0.3, 0.4) is 0 Å². The van der Waals surface area contributed by atoms with E-state index in [1.807, 2.05) is 61.5 Å². The predicted octanol–water partition coefficient (Wildman–Crippen LogP) is 5.27. The van der Waals surface area contributed by atoms with Crippen LogP contribution in [-0.4, -0.2) is 17.5 Å². The maximum atomic E-state index is 13.5. The van der Waals surface area contributed by atoms with Crippen LogP contribution < -0.4 is 4.90 Å². The van der Waals surface area contributed by atoms with Gasteiger partial charge in [-0.3, -0.25) is 19.3 Å². The van der Waals surface area contributed by atoms with Crippen LogP contribution in [0, 0.1) is 12.8 Å². The van der Waals surface area contributed by atoms with Crippen molar-refractivity contribution in [1.82, 2.24) is 0 Å². The minimum atomic E-state index is -1.08. The fourth-order valence-corrected chi connectivity index (χ4v) is 4.12. The lowest BCUT2D eigenvalue weighted by Crippen LogP contribution is -2.30. The van der Waals surface area contributed by atoms with Gasteiger partial charge in [0, 0.05) is 11.3 Å². The van der Waals surface area contributed by atoms with Gasteiger partial charge in [0.1, 0.15) is 5.92 Å². The summed E-state index contributed by atoms with van der Waals surface area (Å²) in [5.74, 6) is -2.35. The maximum Gasteiger partial charge on any atom is 0.295 e. The number of Topliss-reactive ketones (excluding diaryl/α,β-unsaturated/α-hetero) is 2. The highest BCUT2D eigenvalue weighted by Gasteiger charge is 2.52. The number of anilines is 1. The highest BCUT2D eigenvalue weighted by molar-refractivity contribution is 6.49. The van der Waals surface area contributed by atoms with Gasteiger partial charge in [0.05, 0.1) is 6.04 Å². The van der Waals surface area contributed by atoms with Gasteiger partial charge in [-0.25, -0.2) is 0 Å². The van der Waals surface area contributed by atoms with E-state index >= 15 is 0 Å². The molecule has 3 aromatic carbocycles. The second-order valence-electron chi connectivity index (χ2n) is 8.35. The largest absolute Gasteiger partial charge is 0.297 e. The van der Waals surface area contributed by atoms with Gasteiger partial charge in [-0.1, -0.05) is 86.1 Å². The molecule has 4 rings (SSSR count). The number of benzene rings is 3. The standard InChI is InChI=1S/C27H25NO3/c1-17(2)19-13-15-20(16-14-19)24-23(25(29)21-11-9-18(3)10-12-21)26(30)27(31)28(24)22-7-5-4-6-8-22/h4-17,23-24H,1-3H3. The van der Waals surface area contributed by atoms with Crippen molar-refractivity contribution in [3.05, 3.63) is 101 Å². The normalized spacial score (nSPS) is 18.6. The molecule has 0 aliphatic carbocycles. The zero-order valence-corrected chi connectivity index (χ0v) is 17.9. The third-order valence-corrected chi connectivity index (χ3v) is 5.90. The summed E-state index contributed by atoms with van der Waals surface area (Å²) in [4.78, 5) is 41.1. The number of ketones is 2. The minimum Gasteiger partial charge on any atom is -0.297 e. The van der Waals surface area contributed by atoms with Crippen LogP contribution in [0.1, 0.15) is 52.9 Å². The Kier molecular flexibility index (Phi) is 5.55. The second kappa shape index (κ2) is 8.31. The molecule has 1 aliphatic rings. The summed E-state index contributed by atoms with van der Waals surface area (Å²) in [5, 5.41) is 0. The van der Waals surface area contributed by atoms with Crippen LogP contribution in [0.15, 0.2) is 78.9 Å². The Bertz CT molecular complexity index is 1120. The summed E-state index contributed by atoms with van der Waals surface area (Å²) in [6, 6.07) is 23.4. The van der Waals surface area contributed by atoms with Crippen molar-refractivity contribution < 1.29 is 14.4 Å². The molecule has 4 heteroatoms. The van der Waals surface area contributed by atoms with Crippen molar-refractivity contribution in [2.45, 2.75) is 32.7 Å². The topological polar surface area (TPSA) is 54.5 Å². The fourth-order valence-electron chi connectivity index (χ4n) is 4.12. The van der Waals surface area contributed by atoms with Crippen molar-refractivity contribution in [2.75, 3.05) is 4.90 Å². The van der Waals surface area contributed by atoms with Crippen molar-refractivity contribution in [2.24, 2.45) is 5.92 Å². The first-order chi connectivity index (χ1) is 14.9. The molecule has 0 aromatic heterocycles. The minimum absolute atomic E-state index is 0.324. The number of aryl methyl sites for hydroxylation is 1. The molecule has 31 heavy (non-hydrogen) atoms. The van der Waals surface area contributed by atoms with Crippen LogP contribution in [0.5, 0.6) is 0 Å². The summed E-state index contributed by atoms with van der Waals surface area (Å²) < 4.78 is 0. The van der Waals surface area contributed by atoms with E-state index in [4.69, 9.17) is 0 Å². The maximum absolute atomic E-state index is 13.5. The van der Waals surface area contributed by atoms with Crippen LogP contribution in [0.2, 0.25) is 0 Å². The van der Waals surface area contributed by atoms with Gasteiger partial charge in [-0.2, -0.15) is 0 Å². The van der Waals surface area contributed by atoms with Crippen molar-refractivity contribution in [3.8, 4) is 0 Å². The van der Waals surface area contributed by atoms with Crippen molar-refractivity contribution in [1.29, 1.82) is 0 Å². The molecule has 1 fully saturated rings. The highest BCUT2D eigenvalue weighted by atomic mass is 16.2. The number of carbonyl (C=O) groups is 3. The van der Waals surface area contributed by atoms with E-state index in [-0.39, 0.29) is 5.78 Å². The average Bonchev–Trinajstić information content (AvgIpc) is 3.05. The molecule has 0 radical (unpaired) electrons. The van der Waals surface area contributed by atoms with E-state index in [2.05, 4.69) is 13.8 Å². The zero-order valence-electron chi connectivity index (χ0n) is 17.9. The van der Waals surface area contributed by atoms with Gasteiger partial charge >= 0.3 is 0 Å². The number of carbonyl (C=O) groups excluding carboxylic acids is 3. The summed E-state index contributed by atoms with van der Waals surface area (Å²) in [6.07, 6.45) is 0. The molecule has 0 N–H and O–H groups in total. The van der Waals surface area contributed by atoms with E-state index < -0.39 is 23.7 Å². The van der Waals surface area contributed by atoms with E-state index in [1.165, 1.54) is 4.90 Å². The first-order valence-electron chi connectivity index (χ1n) is 10.5. The van der Waals surface area contributed by atoms with Gasteiger partial charge in [-0.05, 0) is 36.1 Å². The Morgan fingerprint density at radius 2 is 1.45 bits per heavy atom. The SMILES string of the molecule is Cc1ccc(C(=O)C2C(=O)C(=O)N(c3ccccc3)C2c2ccc(C(C)C)cc2)cc1. The lowest BCUT2D eigenvalue weighted by atomic mass is 9.85. The van der Waals surface area contributed by atoms with E-state index in [9.17, 15) is 14.4 Å². The number of nitrogens with zero attached hydrogens (tertiary/aromatic N) is 1. The van der Waals surface area contributed by atoms with Gasteiger partial charge in [-0.15, -0.1) is 0 Å². The van der Waals surface area contributed by atoms with Crippen LogP contribution in [0.4, 0.5) is 5.69 Å². The molecular weight excluding hydrogens is 386 g/mol. The fraction of sp³-hybridized carbons (Fsp3) is 0.222. The van der Waals surface area contributed by atoms with E-state index in [0.29, 0.717) is 17.2 Å². The van der Waals surface area contributed by atoms with Gasteiger partial charge in [0.2, 0.25) is 5.78 Å². The van der Waals surface area contributed by atoms with Gasteiger partial charge in [0.15, 0.2) is 5.78 Å². The Morgan fingerprint density at radius 3 is 2.03 bits per heavy atom. The molecule has 1 amide bonds. The Hall–Kier alpha value is -3.53. The first kappa shape index (κ1) is 20.7. The summed E-state index contributed by atoms with van der Waals surface area (Å²) in [5.41, 5.74) is 4.01. The van der Waals surface area contributed by atoms with Crippen molar-refractivity contribution >= 4 is 23.2 Å². The Morgan fingerprint density at radius 1 is 0.839 bits per heavy atom. The molecular formula is C27H25NO3. The van der Waals surface area contributed by atoms with Gasteiger partial charge in [0.25, 0.3) is 5.91 Å². The Labute approximate surface area is 182 Å². The molecule has 2 unspecified atom stereocenters. The third kappa shape index (κ3) is 3.81. The summed E-state index contributed by atoms with van der Waals surface area (Å²) in [7, 11) is 0. The molecule has 3 aromatic rings. The smallest absolute Gasteiger partial charge is 0.295 e. The molecule has 1 heterocycles. The summed E-state index contributed by atoms with van der Waals surface area (Å²) >= 11 is 0. The van der Waals surface area contributed by atoms with Gasteiger partial charge < -0.3 is 0 Å². The Balaban J connectivity index is 1.83. The van der Waals surface area contributed by atoms with E-state index in [1.54, 1.807) is 24.3 Å².